The van der Waals surface area contributed by atoms with Gasteiger partial charge in [-0.1, -0.05) is 38.1 Å². The number of amides is 2. The number of hydrogen-bond acceptors (Lipinski definition) is 5. The summed E-state index contributed by atoms with van der Waals surface area (Å²) in [7, 11) is 0. The first-order valence-corrected chi connectivity index (χ1v) is 10.8. The normalized spacial score (nSPS) is 16.3. The quantitative estimate of drug-likeness (QED) is 0.551. The predicted molar refractivity (Wildman–Crippen MR) is 127 cm³/mol. The molecule has 2 amide bonds. The lowest BCUT2D eigenvalue weighted by atomic mass is 10.1. The van der Waals surface area contributed by atoms with Crippen molar-refractivity contribution in [2.24, 2.45) is 10.9 Å². The second-order valence-corrected chi connectivity index (χ2v) is 8.63. The number of benzene rings is 2. The lowest BCUT2D eigenvalue weighted by Crippen LogP contribution is -2.19. The third-order valence-corrected chi connectivity index (χ3v) is 5.48. The molecule has 0 bridgehead atoms. The number of amidine groups is 1. The van der Waals surface area contributed by atoms with Crippen LogP contribution in [0.15, 0.2) is 70.7 Å². The summed E-state index contributed by atoms with van der Waals surface area (Å²) in [6.45, 7) is 3.99. The van der Waals surface area contributed by atoms with Crippen molar-refractivity contribution >= 4 is 57.1 Å². The summed E-state index contributed by atoms with van der Waals surface area (Å²) >= 11 is 1.27. The number of nitrogens with one attached hydrogen (secondary N) is 2. The van der Waals surface area contributed by atoms with Crippen molar-refractivity contribution in [2.75, 3.05) is 5.32 Å². The van der Waals surface area contributed by atoms with Gasteiger partial charge in [-0.3, -0.25) is 14.6 Å². The molecule has 1 saturated heterocycles. The molecule has 1 aromatic heterocycles. The summed E-state index contributed by atoms with van der Waals surface area (Å²) in [5, 5.41) is 7.20. The topological polar surface area (TPSA) is 83.5 Å². The average molecular weight is 431 g/mol. The maximum Gasteiger partial charge on any atom is 0.264 e. The lowest BCUT2D eigenvalue weighted by molar-refractivity contribution is -0.117. The monoisotopic (exact) mass is 430 g/mol. The molecular formula is C24H22N4O2S. The fraction of sp³-hybridized carbons (Fsp3) is 0.167. The van der Waals surface area contributed by atoms with Crippen LogP contribution in [0.5, 0.6) is 0 Å². The molecular weight excluding hydrogens is 408 g/mol. The highest BCUT2D eigenvalue weighted by Gasteiger charge is 2.24. The number of nitrogens with zero attached hydrogens (tertiary/aromatic N) is 2. The van der Waals surface area contributed by atoms with Gasteiger partial charge in [0.05, 0.1) is 21.8 Å². The van der Waals surface area contributed by atoms with Gasteiger partial charge in [0.2, 0.25) is 5.91 Å². The maximum absolute atomic E-state index is 12.5. The van der Waals surface area contributed by atoms with Crippen molar-refractivity contribution < 1.29 is 9.59 Å². The Balaban J connectivity index is 1.55. The smallest absolute Gasteiger partial charge is 0.264 e. The molecule has 2 aromatic carbocycles. The number of aromatic nitrogens is 1. The Morgan fingerprint density at radius 3 is 2.87 bits per heavy atom. The summed E-state index contributed by atoms with van der Waals surface area (Å²) in [4.78, 5) is 34.1. The maximum atomic E-state index is 12.5. The largest absolute Gasteiger partial charge is 0.324 e. The van der Waals surface area contributed by atoms with Crippen molar-refractivity contribution in [1.82, 2.24) is 10.3 Å². The molecule has 4 rings (SSSR count). The van der Waals surface area contributed by atoms with Crippen molar-refractivity contribution in [3.05, 3.63) is 71.3 Å². The fourth-order valence-corrected chi connectivity index (χ4v) is 4.01. The summed E-state index contributed by atoms with van der Waals surface area (Å²) < 4.78 is 0. The molecule has 1 fully saturated rings. The highest BCUT2D eigenvalue weighted by molar-refractivity contribution is 8.18. The van der Waals surface area contributed by atoms with E-state index in [9.17, 15) is 9.59 Å². The molecule has 2 heterocycles. The molecule has 0 unspecified atom stereocenters. The first-order chi connectivity index (χ1) is 15.0. The Labute approximate surface area is 184 Å². The standard InChI is InChI=1S/C24H22N4O2S/c1-15(2)12-22(29)26-19-7-3-4-8-20(19)27-24-28-23(30)21(31-24)14-16-9-10-18-17(13-16)6-5-11-25-18/h3-11,13-15H,12H2,1-2H3,(H,26,29)(H,27,28,30)/b21-14-. The Hall–Kier alpha value is -3.45. The van der Waals surface area contributed by atoms with Crippen LogP contribution in [0, 0.1) is 5.92 Å². The molecule has 0 saturated carbocycles. The Bertz CT molecular complexity index is 1220. The summed E-state index contributed by atoms with van der Waals surface area (Å²) in [6, 6.07) is 17.0. The minimum atomic E-state index is -0.198. The second-order valence-electron chi connectivity index (χ2n) is 7.60. The first kappa shape index (κ1) is 20.8. The summed E-state index contributed by atoms with van der Waals surface area (Å²) in [5.41, 5.74) is 3.04. The van der Waals surface area contributed by atoms with Crippen molar-refractivity contribution in [1.29, 1.82) is 0 Å². The van der Waals surface area contributed by atoms with Gasteiger partial charge in [-0.15, -0.1) is 0 Å². The van der Waals surface area contributed by atoms with Gasteiger partial charge in [0, 0.05) is 18.0 Å². The Morgan fingerprint density at radius 2 is 2.03 bits per heavy atom. The number of carbonyl (C=O) groups is 2. The van der Waals surface area contributed by atoms with Gasteiger partial charge in [0.1, 0.15) is 0 Å². The van der Waals surface area contributed by atoms with Crippen LogP contribution in [0.3, 0.4) is 0 Å². The van der Waals surface area contributed by atoms with Gasteiger partial charge in [-0.2, -0.15) is 0 Å². The van der Waals surface area contributed by atoms with Gasteiger partial charge in [-0.25, -0.2) is 4.99 Å². The molecule has 1 aliphatic rings. The Morgan fingerprint density at radius 1 is 1.19 bits per heavy atom. The molecule has 3 aromatic rings. The molecule has 0 aliphatic carbocycles. The van der Waals surface area contributed by atoms with Crippen molar-refractivity contribution in [3.8, 4) is 0 Å². The minimum absolute atomic E-state index is 0.0582. The molecule has 0 atom stereocenters. The highest BCUT2D eigenvalue weighted by atomic mass is 32.2. The molecule has 7 heteroatoms. The molecule has 0 radical (unpaired) electrons. The van der Waals surface area contributed by atoms with Gasteiger partial charge in [0.15, 0.2) is 5.17 Å². The van der Waals surface area contributed by atoms with E-state index < -0.39 is 0 Å². The number of anilines is 1. The van der Waals surface area contributed by atoms with E-state index in [2.05, 4.69) is 20.6 Å². The van der Waals surface area contributed by atoms with E-state index in [1.807, 2.05) is 68.5 Å². The molecule has 31 heavy (non-hydrogen) atoms. The van der Waals surface area contributed by atoms with E-state index in [4.69, 9.17) is 0 Å². The number of para-hydroxylation sites is 2. The second kappa shape index (κ2) is 9.14. The number of thioether (sulfide) groups is 1. The van der Waals surface area contributed by atoms with Crippen molar-refractivity contribution in [2.45, 2.75) is 20.3 Å². The predicted octanol–water partition coefficient (Wildman–Crippen LogP) is 5.11. The highest BCUT2D eigenvalue weighted by Crippen LogP contribution is 2.31. The number of pyridine rings is 1. The SMILES string of the molecule is CC(C)CC(=O)Nc1ccccc1N=C1NC(=O)/C(=C/c2ccc3ncccc3c2)S1. The number of hydrogen-bond donors (Lipinski definition) is 2. The van der Waals surface area contributed by atoms with E-state index in [-0.39, 0.29) is 17.7 Å². The summed E-state index contributed by atoms with van der Waals surface area (Å²) in [5.74, 6) is 0.00947. The van der Waals surface area contributed by atoms with Gasteiger partial charge in [0.25, 0.3) is 5.91 Å². The molecule has 2 N–H and O–H groups in total. The zero-order chi connectivity index (χ0) is 21.8. The number of carbonyl (C=O) groups excluding carboxylic acids is 2. The van der Waals surface area contributed by atoms with Crippen molar-refractivity contribution in [3.63, 3.8) is 0 Å². The Kier molecular flexibility index (Phi) is 6.13. The van der Waals surface area contributed by atoms with Crippen LogP contribution in [0.1, 0.15) is 25.8 Å². The zero-order valence-electron chi connectivity index (χ0n) is 17.3. The van der Waals surface area contributed by atoms with Gasteiger partial charge < -0.3 is 10.6 Å². The molecule has 156 valence electrons. The first-order valence-electron chi connectivity index (χ1n) is 10.0. The lowest BCUT2D eigenvalue weighted by Gasteiger charge is -2.09. The van der Waals surface area contributed by atoms with Crippen LogP contribution in [0.2, 0.25) is 0 Å². The minimum Gasteiger partial charge on any atom is -0.324 e. The van der Waals surface area contributed by atoms with Crippen LogP contribution >= 0.6 is 11.8 Å². The van der Waals surface area contributed by atoms with Crippen LogP contribution in [-0.4, -0.2) is 22.0 Å². The third kappa shape index (κ3) is 5.19. The van der Waals surface area contributed by atoms with E-state index >= 15 is 0 Å². The molecule has 0 spiro atoms. The number of aliphatic imine (C=N–C) groups is 1. The van der Waals surface area contributed by atoms with Gasteiger partial charge in [-0.05, 0) is 59.7 Å². The van der Waals surface area contributed by atoms with Gasteiger partial charge >= 0.3 is 0 Å². The average Bonchev–Trinajstić information content (AvgIpc) is 3.07. The van der Waals surface area contributed by atoms with Crippen LogP contribution < -0.4 is 10.6 Å². The third-order valence-electron chi connectivity index (χ3n) is 4.57. The summed E-state index contributed by atoms with van der Waals surface area (Å²) in [6.07, 6.45) is 4.03. The van der Waals surface area contributed by atoms with Crippen LogP contribution in [0.25, 0.3) is 17.0 Å². The van der Waals surface area contributed by atoms with Crippen LogP contribution in [-0.2, 0) is 9.59 Å². The molecule has 6 nitrogen and oxygen atoms in total. The van der Waals surface area contributed by atoms with E-state index in [1.54, 1.807) is 12.3 Å². The van der Waals surface area contributed by atoms with Crippen LogP contribution in [0.4, 0.5) is 11.4 Å². The number of rotatable bonds is 5. The van der Waals surface area contributed by atoms with E-state index in [0.717, 1.165) is 16.5 Å². The zero-order valence-corrected chi connectivity index (χ0v) is 18.1. The fourth-order valence-electron chi connectivity index (χ4n) is 3.17. The van der Waals surface area contributed by atoms with E-state index in [1.165, 1.54) is 11.8 Å². The number of fused-ring (bicyclic) bond motifs is 1. The van der Waals surface area contributed by atoms with E-state index in [0.29, 0.717) is 27.9 Å². The molecule has 1 aliphatic heterocycles.